The molecule has 2 aliphatic rings. The van der Waals surface area contributed by atoms with Gasteiger partial charge in [0.2, 0.25) is 5.55 Å². The van der Waals surface area contributed by atoms with E-state index in [0.717, 1.165) is 49.7 Å². The Balaban J connectivity index is 1.56. The average molecular weight is 401 g/mol. The van der Waals surface area contributed by atoms with Crippen LogP contribution in [0.5, 0.6) is 0 Å². The van der Waals surface area contributed by atoms with Crippen LogP contribution in [0.15, 0.2) is 40.8 Å². The second-order valence-electron chi connectivity index (χ2n) is 8.06. The van der Waals surface area contributed by atoms with Gasteiger partial charge >= 0.3 is 0 Å². The second-order valence-corrected chi connectivity index (χ2v) is 8.06. The third-order valence-corrected chi connectivity index (χ3v) is 6.02. The van der Waals surface area contributed by atoms with E-state index in [9.17, 15) is 9.59 Å². The first-order chi connectivity index (χ1) is 14.5. The molecule has 0 spiro atoms. The molecule has 0 bridgehead atoms. The Morgan fingerprint density at radius 2 is 1.90 bits per heavy atom. The maximum absolute atomic E-state index is 12.9. The summed E-state index contributed by atoms with van der Waals surface area (Å²) in [6.45, 7) is 3.62. The van der Waals surface area contributed by atoms with Crippen LogP contribution in [-0.2, 0) is 12.8 Å². The fourth-order valence-corrected chi connectivity index (χ4v) is 4.64. The van der Waals surface area contributed by atoms with Crippen LogP contribution in [0.25, 0.3) is 11.0 Å². The number of benzene rings is 2. The first-order valence-corrected chi connectivity index (χ1v) is 10.4. The number of anilines is 2. The molecule has 6 heteroatoms. The molecule has 30 heavy (non-hydrogen) atoms. The number of rotatable bonds is 3. The number of fused-ring (bicyclic) bond motifs is 2. The summed E-state index contributed by atoms with van der Waals surface area (Å²) in [7, 11) is 0. The zero-order valence-corrected chi connectivity index (χ0v) is 16.9. The van der Waals surface area contributed by atoms with Crippen LogP contribution < -0.4 is 15.8 Å². The third-order valence-electron chi connectivity index (χ3n) is 6.02. The van der Waals surface area contributed by atoms with Crippen LogP contribution in [0, 0.1) is 5.41 Å². The SMILES string of the molecule is CC(=O)c1cccc(NC(=O)c2cc3cc4c5c(c3oc2=N)CCCN5CCC4)c1. The Hall–Kier alpha value is -3.41. The Kier molecular flexibility index (Phi) is 4.42. The van der Waals surface area contributed by atoms with Crippen LogP contribution in [0.3, 0.4) is 0 Å². The minimum absolute atomic E-state index is 0.0687. The Morgan fingerprint density at radius 3 is 2.70 bits per heavy atom. The molecule has 6 nitrogen and oxygen atoms in total. The van der Waals surface area contributed by atoms with Gasteiger partial charge in [0.1, 0.15) is 11.1 Å². The van der Waals surface area contributed by atoms with Crippen molar-refractivity contribution < 1.29 is 14.0 Å². The molecule has 2 aromatic carbocycles. The van der Waals surface area contributed by atoms with Crippen LogP contribution in [0.2, 0.25) is 0 Å². The van der Waals surface area contributed by atoms with Crippen molar-refractivity contribution in [3.05, 3.63) is 64.2 Å². The fourth-order valence-electron chi connectivity index (χ4n) is 4.64. The number of aryl methyl sites for hydroxylation is 2. The smallest absolute Gasteiger partial charge is 0.261 e. The molecule has 5 rings (SSSR count). The molecule has 0 atom stereocenters. The van der Waals surface area contributed by atoms with E-state index in [1.54, 1.807) is 30.3 Å². The van der Waals surface area contributed by atoms with Crippen LogP contribution in [0.1, 0.15) is 51.6 Å². The van der Waals surface area contributed by atoms with Gasteiger partial charge in [0.15, 0.2) is 5.78 Å². The van der Waals surface area contributed by atoms with Gasteiger partial charge in [-0.1, -0.05) is 12.1 Å². The topological polar surface area (TPSA) is 86.4 Å². The highest BCUT2D eigenvalue weighted by atomic mass is 16.3. The highest BCUT2D eigenvalue weighted by Gasteiger charge is 2.27. The van der Waals surface area contributed by atoms with Crippen molar-refractivity contribution in [1.82, 2.24) is 0 Å². The number of Topliss-reactive ketones (excluding diaryl/α,β-unsaturated/α-hetero) is 1. The molecule has 2 N–H and O–H groups in total. The number of ketones is 1. The zero-order chi connectivity index (χ0) is 20.8. The lowest BCUT2D eigenvalue weighted by atomic mass is 9.90. The van der Waals surface area contributed by atoms with Crippen molar-refractivity contribution in [1.29, 1.82) is 5.41 Å². The lowest BCUT2D eigenvalue weighted by Crippen LogP contribution is -2.34. The molecular formula is C24H23N3O3. The molecule has 0 aliphatic carbocycles. The largest absolute Gasteiger partial charge is 0.438 e. The Labute approximate surface area is 174 Å². The first-order valence-electron chi connectivity index (χ1n) is 10.4. The van der Waals surface area contributed by atoms with E-state index in [0.29, 0.717) is 11.3 Å². The minimum atomic E-state index is -0.417. The van der Waals surface area contributed by atoms with Crippen LogP contribution in [-0.4, -0.2) is 24.8 Å². The van der Waals surface area contributed by atoms with Crippen molar-refractivity contribution >= 4 is 34.0 Å². The van der Waals surface area contributed by atoms with Crippen molar-refractivity contribution in [3.63, 3.8) is 0 Å². The summed E-state index contributed by atoms with van der Waals surface area (Å²) in [5, 5.41) is 12.0. The van der Waals surface area contributed by atoms with Gasteiger partial charge in [-0.15, -0.1) is 0 Å². The standard InChI is InChI=1S/C24H23N3O3/c1-14(28)15-5-2-7-18(12-15)26-24(29)20-13-17-11-16-6-3-9-27-10-4-8-19(21(16)27)22(17)30-23(20)25/h2,5,7,11-13,25H,3-4,6,8-10H2,1H3,(H,26,29). The van der Waals surface area contributed by atoms with Gasteiger partial charge in [-0.05, 0) is 62.4 Å². The third kappa shape index (κ3) is 3.09. The number of nitrogens with one attached hydrogen (secondary N) is 2. The quantitative estimate of drug-likeness (QED) is 0.648. The van der Waals surface area contributed by atoms with Gasteiger partial charge in [-0.25, -0.2) is 0 Å². The van der Waals surface area contributed by atoms with E-state index in [4.69, 9.17) is 9.83 Å². The van der Waals surface area contributed by atoms with Gasteiger partial charge in [0, 0.05) is 41.0 Å². The molecule has 2 aliphatic heterocycles. The van der Waals surface area contributed by atoms with Gasteiger partial charge in [-0.2, -0.15) is 0 Å². The lowest BCUT2D eigenvalue weighted by molar-refractivity contribution is 0.100. The molecule has 0 fully saturated rings. The first kappa shape index (κ1) is 18.6. The minimum Gasteiger partial charge on any atom is -0.438 e. The van der Waals surface area contributed by atoms with Gasteiger partial charge in [0.25, 0.3) is 5.91 Å². The summed E-state index contributed by atoms with van der Waals surface area (Å²) in [6, 6.07) is 10.7. The van der Waals surface area contributed by atoms with Gasteiger partial charge in [-0.3, -0.25) is 15.0 Å². The Bertz CT molecular complexity index is 1260. The van der Waals surface area contributed by atoms with Gasteiger partial charge < -0.3 is 14.6 Å². The molecule has 3 heterocycles. The molecule has 0 saturated carbocycles. The highest BCUT2D eigenvalue weighted by molar-refractivity contribution is 6.06. The summed E-state index contributed by atoms with van der Waals surface area (Å²) in [6.07, 6.45) is 4.16. The van der Waals surface area contributed by atoms with E-state index >= 15 is 0 Å². The average Bonchev–Trinajstić information content (AvgIpc) is 2.74. The van der Waals surface area contributed by atoms with Crippen molar-refractivity contribution in [2.24, 2.45) is 0 Å². The number of nitrogens with zero attached hydrogens (tertiary/aromatic N) is 1. The number of hydrogen-bond acceptors (Lipinski definition) is 5. The molecule has 1 amide bonds. The monoisotopic (exact) mass is 401 g/mol. The molecule has 0 saturated heterocycles. The van der Waals surface area contributed by atoms with Gasteiger partial charge in [0.05, 0.1) is 0 Å². The summed E-state index contributed by atoms with van der Waals surface area (Å²) in [4.78, 5) is 26.9. The lowest BCUT2D eigenvalue weighted by Gasteiger charge is -2.37. The second kappa shape index (κ2) is 7.13. The number of hydrogen-bond donors (Lipinski definition) is 2. The predicted octanol–water partition coefficient (Wildman–Crippen LogP) is 4.07. The van der Waals surface area contributed by atoms with Crippen LogP contribution in [0.4, 0.5) is 11.4 Å². The maximum atomic E-state index is 12.9. The molecule has 152 valence electrons. The summed E-state index contributed by atoms with van der Waals surface area (Å²) >= 11 is 0. The normalized spacial score (nSPS) is 15.0. The molecule has 0 unspecified atom stereocenters. The van der Waals surface area contributed by atoms with Crippen LogP contribution >= 0.6 is 0 Å². The summed E-state index contributed by atoms with van der Waals surface area (Å²) < 4.78 is 5.91. The predicted molar refractivity (Wildman–Crippen MR) is 115 cm³/mol. The fraction of sp³-hybridized carbons (Fsp3) is 0.292. The number of carbonyl (C=O) groups is 2. The number of amides is 1. The van der Waals surface area contributed by atoms with E-state index in [1.165, 1.54) is 23.7 Å². The van der Waals surface area contributed by atoms with E-state index < -0.39 is 5.91 Å². The Morgan fingerprint density at radius 1 is 1.10 bits per heavy atom. The zero-order valence-electron chi connectivity index (χ0n) is 16.9. The summed E-state index contributed by atoms with van der Waals surface area (Å²) in [5.74, 6) is -0.486. The molecule has 3 aromatic rings. The van der Waals surface area contributed by atoms with Crippen molar-refractivity contribution in [2.45, 2.75) is 32.6 Å². The van der Waals surface area contributed by atoms with E-state index in [2.05, 4.69) is 16.3 Å². The molecule has 1 aromatic heterocycles. The number of carbonyl (C=O) groups excluding carboxylic acids is 2. The molecular weight excluding hydrogens is 378 g/mol. The van der Waals surface area contributed by atoms with Crippen molar-refractivity contribution in [3.8, 4) is 0 Å². The molecule has 0 radical (unpaired) electrons. The van der Waals surface area contributed by atoms with E-state index in [-0.39, 0.29) is 16.9 Å². The van der Waals surface area contributed by atoms with E-state index in [1.807, 2.05) is 0 Å². The summed E-state index contributed by atoms with van der Waals surface area (Å²) in [5.41, 5.74) is 5.56. The maximum Gasteiger partial charge on any atom is 0.261 e. The van der Waals surface area contributed by atoms with Crippen molar-refractivity contribution in [2.75, 3.05) is 23.3 Å². The highest BCUT2D eigenvalue weighted by Crippen LogP contribution is 2.39.